The summed E-state index contributed by atoms with van der Waals surface area (Å²) in [6, 6.07) is 5.20. The second-order valence-corrected chi connectivity index (χ2v) is 8.36. The van der Waals surface area contributed by atoms with Crippen LogP contribution in [0.4, 0.5) is 5.69 Å². The molecule has 3 amide bonds. The highest BCUT2D eigenvalue weighted by molar-refractivity contribution is 6.07. The molecule has 1 aliphatic heterocycles. The highest BCUT2D eigenvalue weighted by Gasteiger charge is 2.42. The van der Waals surface area contributed by atoms with Gasteiger partial charge in [-0.15, -0.1) is 0 Å². The number of nitrogens with one attached hydrogen (secondary N) is 2. The molecule has 1 fully saturated rings. The minimum Gasteiger partial charge on any atom is -0.476 e. The Hall–Kier alpha value is -2.57. The molecule has 0 unspecified atom stereocenters. The zero-order valence-corrected chi connectivity index (χ0v) is 17.0. The van der Waals surface area contributed by atoms with Crippen LogP contribution in [0.5, 0.6) is 5.75 Å². The van der Waals surface area contributed by atoms with Gasteiger partial charge in [0.25, 0.3) is 11.8 Å². The number of rotatable bonds is 5. The molecule has 1 aromatic rings. The van der Waals surface area contributed by atoms with E-state index in [4.69, 9.17) is 4.74 Å². The van der Waals surface area contributed by atoms with Crippen LogP contribution in [0.2, 0.25) is 0 Å². The van der Waals surface area contributed by atoms with Gasteiger partial charge in [0.2, 0.25) is 5.91 Å². The van der Waals surface area contributed by atoms with Crippen LogP contribution in [0.15, 0.2) is 18.2 Å². The number of carbonyl (C=O) groups is 3. The van der Waals surface area contributed by atoms with Gasteiger partial charge >= 0.3 is 0 Å². The number of anilines is 1. The first-order valence-corrected chi connectivity index (χ1v) is 9.92. The summed E-state index contributed by atoms with van der Waals surface area (Å²) in [5.41, 5.74) is -0.183. The lowest BCUT2D eigenvalue weighted by Crippen LogP contribution is -2.55. The molecule has 1 heterocycles. The summed E-state index contributed by atoms with van der Waals surface area (Å²) in [7, 11) is 0. The molecule has 1 aliphatic carbocycles. The molecule has 0 spiro atoms. The summed E-state index contributed by atoms with van der Waals surface area (Å²) in [5, 5.41) is 5.85. The van der Waals surface area contributed by atoms with E-state index >= 15 is 0 Å². The predicted molar refractivity (Wildman–Crippen MR) is 107 cm³/mol. The van der Waals surface area contributed by atoms with Crippen LogP contribution < -0.4 is 20.3 Å². The maximum Gasteiger partial charge on any atom is 0.271 e. The lowest BCUT2D eigenvalue weighted by atomic mass is 10.0. The van der Waals surface area contributed by atoms with Crippen molar-refractivity contribution in [3.05, 3.63) is 23.8 Å². The standard InChI is InChI=1S/C21H29N3O4/c1-13(2)22-18(25)12-24-16-11-14(19(26)23-15-7-5-6-8-15)9-10-17(16)28-21(3,4)20(24)27/h9-11,13,15H,5-8,12H2,1-4H3,(H,22,25)(H,23,26). The molecule has 7 nitrogen and oxygen atoms in total. The first kappa shape index (κ1) is 20.2. The lowest BCUT2D eigenvalue weighted by Gasteiger charge is -2.38. The van der Waals surface area contributed by atoms with Gasteiger partial charge in [-0.25, -0.2) is 0 Å². The number of amides is 3. The first-order chi connectivity index (χ1) is 13.2. The van der Waals surface area contributed by atoms with Gasteiger partial charge < -0.3 is 15.4 Å². The van der Waals surface area contributed by atoms with E-state index in [-0.39, 0.29) is 36.3 Å². The number of ether oxygens (including phenoxy) is 1. The van der Waals surface area contributed by atoms with Gasteiger partial charge in [0.05, 0.1) is 5.69 Å². The molecule has 28 heavy (non-hydrogen) atoms. The van der Waals surface area contributed by atoms with E-state index in [0.717, 1.165) is 25.7 Å². The third kappa shape index (κ3) is 4.29. The summed E-state index contributed by atoms with van der Waals surface area (Å²) in [4.78, 5) is 39.3. The van der Waals surface area contributed by atoms with E-state index in [2.05, 4.69) is 10.6 Å². The van der Waals surface area contributed by atoms with Gasteiger partial charge in [-0.3, -0.25) is 19.3 Å². The molecule has 2 aliphatic rings. The minimum absolute atomic E-state index is 0.0281. The fourth-order valence-corrected chi connectivity index (χ4v) is 3.72. The normalized spacial score (nSPS) is 18.6. The minimum atomic E-state index is -1.08. The summed E-state index contributed by atoms with van der Waals surface area (Å²) in [6.45, 7) is 6.95. The van der Waals surface area contributed by atoms with Crippen molar-refractivity contribution in [2.75, 3.05) is 11.4 Å². The monoisotopic (exact) mass is 387 g/mol. The number of nitrogens with zero attached hydrogens (tertiary/aromatic N) is 1. The number of hydrogen-bond acceptors (Lipinski definition) is 4. The number of fused-ring (bicyclic) bond motifs is 1. The fourth-order valence-electron chi connectivity index (χ4n) is 3.72. The maximum atomic E-state index is 12.9. The number of carbonyl (C=O) groups excluding carboxylic acids is 3. The topological polar surface area (TPSA) is 87.7 Å². The highest BCUT2D eigenvalue weighted by Crippen LogP contribution is 2.38. The van der Waals surface area contributed by atoms with Crippen LogP contribution in [-0.2, 0) is 9.59 Å². The molecule has 1 saturated carbocycles. The van der Waals surface area contributed by atoms with E-state index < -0.39 is 5.60 Å². The molecule has 3 rings (SSSR count). The Morgan fingerprint density at radius 1 is 1.25 bits per heavy atom. The van der Waals surface area contributed by atoms with E-state index in [1.165, 1.54) is 4.90 Å². The molecular weight excluding hydrogens is 358 g/mol. The molecule has 152 valence electrons. The Labute approximate surface area is 165 Å². The van der Waals surface area contributed by atoms with Gasteiger partial charge in [-0.2, -0.15) is 0 Å². The molecule has 0 bridgehead atoms. The van der Waals surface area contributed by atoms with E-state index in [1.54, 1.807) is 32.0 Å². The van der Waals surface area contributed by atoms with E-state index in [0.29, 0.717) is 17.0 Å². The van der Waals surface area contributed by atoms with Gasteiger partial charge in [0.1, 0.15) is 12.3 Å². The van der Waals surface area contributed by atoms with Crippen molar-refractivity contribution >= 4 is 23.4 Å². The van der Waals surface area contributed by atoms with Crippen LogP contribution in [0.25, 0.3) is 0 Å². The first-order valence-electron chi connectivity index (χ1n) is 9.92. The van der Waals surface area contributed by atoms with Crippen LogP contribution in [0.3, 0.4) is 0 Å². The van der Waals surface area contributed by atoms with Crippen molar-refractivity contribution in [1.82, 2.24) is 10.6 Å². The molecular formula is C21H29N3O4. The molecule has 1 aromatic carbocycles. The second-order valence-electron chi connectivity index (χ2n) is 8.36. The van der Waals surface area contributed by atoms with Crippen LogP contribution in [-0.4, -0.2) is 42.0 Å². The van der Waals surface area contributed by atoms with Crippen LogP contribution in [0, 0.1) is 0 Å². The third-order valence-corrected chi connectivity index (χ3v) is 5.08. The molecule has 2 N–H and O–H groups in total. The van der Waals surface area contributed by atoms with Crippen LogP contribution >= 0.6 is 0 Å². The zero-order chi connectivity index (χ0) is 20.5. The van der Waals surface area contributed by atoms with Crippen molar-refractivity contribution in [3.8, 4) is 5.75 Å². The fraction of sp³-hybridized carbons (Fsp3) is 0.571. The zero-order valence-electron chi connectivity index (χ0n) is 17.0. The lowest BCUT2D eigenvalue weighted by molar-refractivity contribution is -0.134. The van der Waals surface area contributed by atoms with Crippen molar-refractivity contribution in [3.63, 3.8) is 0 Å². The molecule has 0 radical (unpaired) electrons. The van der Waals surface area contributed by atoms with Gasteiger partial charge in [0, 0.05) is 17.6 Å². The Kier molecular flexibility index (Phi) is 5.63. The van der Waals surface area contributed by atoms with E-state index in [9.17, 15) is 14.4 Å². The third-order valence-electron chi connectivity index (χ3n) is 5.08. The Morgan fingerprint density at radius 2 is 1.93 bits per heavy atom. The average Bonchev–Trinajstić information content (AvgIpc) is 3.10. The summed E-state index contributed by atoms with van der Waals surface area (Å²) in [5.74, 6) is -0.252. The van der Waals surface area contributed by atoms with Crippen molar-refractivity contribution in [2.45, 2.75) is 71.1 Å². The van der Waals surface area contributed by atoms with Crippen molar-refractivity contribution < 1.29 is 19.1 Å². The Balaban J connectivity index is 1.87. The molecule has 0 saturated heterocycles. The van der Waals surface area contributed by atoms with Crippen LogP contribution in [0.1, 0.15) is 63.7 Å². The summed E-state index contributed by atoms with van der Waals surface area (Å²) >= 11 is 0. The smallest absolute Gasteiger partial charge is 0.271 e. The largest absolute Gasteiger partial charge is 0.476 e. The highest BCUT2D eigenvalue weighted by atomic mass is 16.5. The van der Waals surface area contributed by atoms with E-state index in [1.807, 2.05) is 13.8 Å². The SMILES string of the molecule is CC(C)NC(=O)CN1C(=O)C(C)(C)Oc2ccc(C(=O)NC3CCCC3)cc21. The second kappa shape index (κ2) is 7.81. The van der Waals surface area contributed by atoms with Crippen molar-refractivity contribution in [2.24, 2.45) is 0 Å². The average molecular weight is 387 g/mol. The number of benzene rings is 1. The van der Waals surface area contributed by atoms with Gasteiger partial charge in [0.15, 0.2) is 5.60 Å². The quantitative estimate of drug-likeness (QED) is 0.812. The summed E-state index contributed by atoms with van der Waals surface area (Å²) in [6.07, 6.45) is 4.25. The molecule has 0 atom stereocenters. The number of hydrogen-bond donors (Lipinski definition) is 2. The Morgan fingerprint density at radius 3 is 2.57 bits per heavy atom. The van der Waals surface area contributed by atoms with Crippen molar-refractivity contribution in [1.29, 1.82) is 0 Å². The Bertz CT molecular complexity index is 782. The molecule has 0 aromatic heterocycles. The van der Waals surface area contributed by atoms with Gasteiger partial charge in [-0.1, -0.05) is 12.8 Å². The van der Waals surface area contributed by atoms with Gasteiger partial charge in [-0.05, 0) is 58.7 Å². The predicted octanol–water partition coefficient (Wildman–Crippen LogP) is 2.39. The molecule has 7 heteroatoms. The summed E-state index contributed by atoms with van der Waals surface area (Å²) < 4.78 is 5.84. The maximum absolute atomic E-state index is 12.9.